The number of rotatable bonds is 2. The fourth-order valence-corrected chi connectivity index (χ4v) is 3.25. The highest BCUT2D eigenvalue weighted by Crippen LogP contribution is 2.39. The zero-order chi connectivity index (χ0) is 9.14. The maximum absolute atomic E-state index is 5.42. The predicted octanol–water partition coefficient (Wildman–Crippen LogP) is 1.72. The fourth-order valence-electron chi connectivity index (χ4n) is 0.543. The first kappa shape index (κ1) is 10.0. The van der Waals surface area contributed by atoms with Crippen molar-refractivity contribution in [3.63, 3.8) is 0 Å². The third-order valence-corrected chi connectivity index (χ3v) is 4.27. The van der Waals surface area contributed by atoms with E-state index in [2.05, 4.69) is 0 Å². The summed E-state index contributed by atoms with van der Waals surface area (Å²) in [5.41, 5.74) is 10.8. The van der Waals surface area contributed by atoms with Crippen LogP contribution in [0.2, 0.25) is 0 Å². The molecule has 0 bridgehead atoms. The molecule has 4 N–H and O–H groups in total. The van der Waals surface area contributed by atoms with E-state index in [1.54, 1.807) is 0 Å². The molecule has 0 fully saturated rings. The smallest absolute Gasteiger partial charge is 0.111 e. The van der Waals surface area contributed by atoms with Crippen LogP contribution in [-0.2, 0) is 0 Å². The molecule has 1 heterocycles. The Morgan fingerprint density at radius 3 is 1.50 bits per heavy atom. The van der Waals surface area contributed by atoms with Crippen molar-refractivity contribution < 1.29 is 0 Å². The van der Waals surface area contributed by atoms with Gasteiger partial charge in [0, 0.05) is 0 Å². The standard InChI is InChI=1S/C6H6N2S4/c7-5(9)3-1-2-4(6(8)10)12-11-3/h1-2H,(H2,7,9)(H2,8,10). The van der Waals surface area contributed by atoms with Gasteiger partial charge in [0.2, 0.25) is 0 Å². The first-order valence-electron chi connectivity index (χ1n) is 2.97. The molecule has 6 heteroatoms. The van der Waals surface area contributed by atoms with Crippen molar-refractivity contribution in [2.24, 2.45) is 11.5 Å². The second-order valence-corrected chi connectivity index (χ2v) is 5.05. The molecule has 2 nitrogen and oxygen atoms in total. The number of allylic oxidation sites excluding steroid dienone is 2. The van der Waals surface area contributed by atoms with Gasteiger partial charge in [-0.1, -0.05) is 24.4 Å². The summed E-state index contributed by atoms with van der Waals surface area (Å²) in [4.78, 5) is 2.58. The Hall–Kier alpha value is -0.0400. The topological polar surface area (TPSA) is 52.0 Å². The van der Waals surface area contributed by atoms with Crippen molar-refractivity contribution in [2.45, 2.75) is 0 Å². The Balaban J connectivity index is 2.80. The van der Waals surface area contributed by atoms with Crippen molar-refractivity contribution in [2.75, 3.05) is 0 Å². The summed E-state index contributed by atoms with van der Waals surface area (Å²) in [6.45, 7) is 0. The molecule has 12 heavy (non-hydrogen) atoms. The van der Waals surface area contributed by atoms with Gasteiger partial charge in [-0.2, -0.15) is 0 Å². The Morgan fingerprint density at radius 2 is 1.33 bits per heavy atom. The van der Waals surface area contributed by atoms with Crippen molar-refractivity contribution in [3.8, 4) is 0 Å². The van der Waals surface area contributed by atoms with Crippen LogP contribution in [0.25, 0.3) is 0 Å². The van der Waals surface area contributed by atoms with E-state index in [4.69, 9.17) is 35.9 Å². The highest BCUT2D eigenvalue weighted by atomic mass is 33.1. The quantitative estimate of drug-likeness (QED) is 0.560. The van der Waals surface area contributed by atoms with Crippen molar-refractivity contribution in [1.82, 2.24) is 0 Å². The van der Waals surface area contributed by atoms with Crippen molar-refractivity contribution in [1.29, 1.82) is 0 Å². The summed E-state index contributed by atoms with van der Waals surface area (Å²) < 4.78 is 0. The largest absolute Gasteiger partial charge is 0.389 e. The highest BCUT2D eigenvalue weighted by molar-refractivity contribution is 8.80. The molecule has 0 radical (unpaired) electrons. The van der Waals surface area contributed by atoms with Gasteiger partial charge in [0.05, 0.1) is 9.81 Å². The van der Waals surface area contributed by atoms with Crippen LogP contribution in [0, 0.1) is 0 Å². The molecule has 0 spiro atoms. The van der Waals surface area contributed by atoms with E-state index in [1.165, 1.54) is 21.6 Å². The lowest BCUT2D eigenvalue weighted by molar-refractivity contribution is 1.77. The number of thiocarbonyl (C=S) groups is 2. The molecule has 0 aromatic carbocycles. The van der Waals surface area contributed by atoms with Crippen LogP contribution >= 0.6 is 46.0 Å². The molecule has 0 unspecified atom stereocenters. The maximum Gasteiger partial charge on any atom is 0.111 e. The fraction of sp³-hybridized carbons (Fsp3) is 0. The molecule has 0 aromatic heterocycles. The van der Waals surface area contributed by atoms with Crippen molar-refractivity contribution >= 4 is 56.0 Å². The third kappa shape index (κ3) is 2.48. The Morgan fingerprint density at radius 1 is 1.00 bits per heavy atom. The monoisotopic (exact) mass is 234 g/mol. The molecule has 1 aliphatic rings. The van der Waals surface area contributed by atoms with Crippen LogP contribution < -0.4 is 11.5 Å². The van der Waals surface area contributed by atoms with Gasteiger partial charge in [0.1, 0.15) is 9.98 Å². The Kier molecular flexibility index (Phi) is 3.57. The van der Waals surface area contributed by atoms with Gasteiger partial charge in [-0.25, -0.2) is 0 Å². The molecular formula is C6H6N2S4. The molecule has 0 saturated heterocycles. The van der Waals surface area contributed by atoms with Gasteiger partial charge in [-0.3, -0.25) is 0 Å². The van der Waals surface area contributed by atoms with Gasteiger partial charge in [0.15, 0.2) is 0 Å². The van der Waals surface area contributed by atoms with Gasteiger partial charge in [-0.15, -0.1) is 0 Å². The number of hydrogen-bond acceptors (Lipinski definition) is 4. The Bertz CT molecular complexity index is 262. The molecule has 1 rings (SSSR count). The Labute approximate surface area is 89.2 Å². The van der Waals surface area contributed by atoms with Gasteiger partial charge in [-0.05, 0) is 33.7 Å². The summed E-state index contributed by atoms with van der Waals surface area (Å²) in [6, 6.07) is 0. The molecule has 1 aliphatic heterocycles. The second kappa shape index (κ2) is 4.27. The van der Waals surface area contributed by atoms with E-state index in [9.17, 15) is 0 Å². The first-order valence-corrected chi connectivity index (χ1v) is 5.94. The molecule has 0 aliphatic carbocycles. The zero-order valence-corrected chi connectivity index (χ0v) is 9.21. The molecule has 64 valence electrons. The summed E-state index contributed by atoms with van der Waals surface area (Å²) in [5, 5.41) is 0. The summed E-state index contributed by atoms with van der Waals surface area (Å²) >= 11 is 9.60. The SMILES string of the molecule is NC(=S)C1=CC=C(C(N)=S)SS1. The summed E-state index contributed by atoms with van der Waals surface area (Å²) in [6.07, 6.45) is 3.66. The van der Waals surface area contributed by atoms with E-state index in [1.807, 2.05) is 12.2 Å². The summed E-state index contributed by atoms with van der Waals surface area (Å²) in [5.74, 6) is 0. The zero-order valence-electron chi connectivity index (χ0n) is 5.94. The average molecular weight is 234 g/mol. The lowest BCUT2D eigenvalue weighted by Gasteiger charge is -2.10. The molecule has 0 amide bonds. The normalized spacial score (nSPS) is 16.3. The minimum Gasteiger partial charge on any atom is -0.389 e. The molecule has 0 aromatic rings. The van der Waals surface area contributed by atoms with E-state index < -0.39 is 0 Å². The van der Waals surface area contributed by atoms with Gasteiger partial charge in [0.25, 0.3) is 0 Å². The van der Waals surface area contributed by atoms with E-state index in [-0.39, 0.29) is 0 Å². The van der Waals surface area contributed by atoms with E-state index >= 15 is 0 Å². The molecule has 0 saturated carbocycles. The molecule has 0 atom stereocenters. The first-order chi connectivity index (χ1) is 5.61. The predicted molar refractivity (Wildman–Crippen MR) is 64.9 cm³/mol. The van der Waals surface area contributed by atoms with E-state index in [0.717, 1.165) is 9.81 Å². The van der Waals surface area contributed by atoms with Crippen LogP contribution in [0.3, 0.4) is 0 Å². The van der Waals surface area contributed by atoms with Crippen LogP contribution in [0.5, 0.6) is 0 Å². The van der Waals surface area contributed by atoms with Crippen LogP contribution in [-0.4, -0.2) is 9.98 Å². The van der Waals surface area contributed by atoms with Crippen LogP contribution in [0.1, 0.15) is 0 Å². The van der Waals surface area contributed by atoms with Crippen LogP contribution in [0.4, 0.5) is 0 Å². The minimum absolute atomic E-state index is 0.408. The maximum atomic E-state index is 5.42. The lowest BCUT2D eigenvalue weighted by atomic mass is 10.4. The van der Waals surface area contributed by atoms with Gasteiger partial charge >= 0.3 is 0 Å². The number of hydrogen-bond donors (Lipinski definition) is 2. The van der Waals surface area contributed by atoms with Crippen LogP contribution in [0.15, 0.2) is 22.0 Å². The van der Waals surface area contributed by atoms with E-state index in [0.29, 0.717) is 9.98 Å². The minimum atomic E-state index is 0.408. The highest BCUT2D eigenvalue weighted by Gasteiger charge is 2.11. The van der Waals surface area contributed by atoms with Crippen molar-refractivity contribution in [3.05, 3.63) is 22.0 Å². The summed E-state index contributed by atoms with van der Waals surface area (Å²) in [7, 11) is 2.97. The molecular weight excluding hydrogens is 228 g/mol. The lowest BCUT2D eigenvalue weighted by Crippen LogP contribution is -2.12. The van der Waals surface area contributed by atoms with Gasteiger partial charge < -0.3 is 11.5 Å². The second-order valence-electron chi connectivity index (χ2n) is 1.96. The average Bonchev–Trinajstić information content (AvgIpc) is 2.04. The number of nitrogens with two attached hydrogens (primary N) is 2. The third-order valence-electron chi connectivity index (χ3n) is 1.09.